The minimum absolute atomic E-state index is 0.0385. The van der Waals surface area contributed by atoms with Crippen molar-refractivity contribution in [3.63, 3.8) is 0 Å². The van der Waals surface area contributed by atoms with E-state index < -0.39 is 16.0 Å². The fraction of sp³-hybridized carbons (Fsp3) is 0.364. The van der Waals surface area contributed by atoms with Gasteiger partial charge in [-0.3, -0.25) is 4.79 Å². The number of benzene rings is 2. The number of esters is 1. The maximum absolute atomic E-state index is 13.0. The van der Waals surface area contributed by atoms with Crippen LogP contribution < -0.4 is 4.74 Å². The summed E-state index contributed by atoms with van der Waals surface area (Å²) in [6.07, 6.45) is 3.03. The van der Waals surface area contributed by atoms with Crippen LogP contribution in [0, 0.1) is 5.92 Å². The van der Waals surface area contributed by atoms with Gasteiger partial charge < -0.3 is 9.47 Å². The van der Waals surface area contributed by atoms with Crippen molar-refractivity contribution < 1.29 is 27.5 Å². The smallest absolute Gasteiger partial charge is 0.343 e. The third-order valence-corrected chi connectivity index (χ3v) is 7.15. The Morgan fingerprint density at radius 1 is 1.13 bits per heavy atom. The van der Waals surface area contributed by atoms with Gasteiger partial charge in [0.05, 0.1) is 17.6 Å². The van der Waals surface area contributed by atoms with E-state index in [1.807, 2.05) is 18.2 Å². The predicted octanol–water partition coefficient (Wildman–Crippen LogP) is 2.69. The molecular formula is C22H25NO6S. The maximum Gasteiger partial charge on any atom is 0.343 e. The number of carbonyl (C=O) groups is 2. The summed E-state index contributed by atoms with van der Waals surface area (Å²) in [4.78, 5) is 22.7. The largest absolute Gasteiger partial charge is 0.481 e. The summed E-state index contributed by atoms with van der Waals surface area (Å²) in [6, 6.07) is 14.3. The molecule has 2 aromatic rings. The van der Waals surface area contributed by atoms with Gasteiger partial charge in [-0.2, -0.15) is 4.31 Å². The van der Waals surface area contributed by atoms with Gasteiger partial charge in [0.25, 0.3) is 0 Å². The first-order valence-corrected chi connectivity index (χ1v) is 11.2. The van der Waals surface area contributed by atoms with Gasteiger partial charge in [0.15, 0.2) is 12.9 Å². The molecule has 160 valence electrons. The van der Waals surface area contributed by atoms with Crippen LogP contribution in [0.5, 0.6) is 5.75 Å². The number of nitrogens with zero attached hydrogens (tertiary/aromatic N) is 1. The van der Waals surface area contributed by atoms with E-state index in [-0.39, 0.29) is 22.8 Å². The molecule has 1 aliphatic heterocycles. The van der Waals surface area contributed by atoms with E-state index in [1.165, 1.54) is 35.2 Å². The number of hydrogen-bond acceptors (Lipinski definition) is 6. The van der Waals surface area contributed by atoms with Crippen molar-refractivity contribution in [1.82, 2.24) is 4.31 Å². The molecule has 7 nitrogen and oxygen atoms in total. The van der Waals surface area contributed by atoms with Gasteiger partial charge in [0, 0.05) is 13.1 Å². The minimum atomic E-state index is -3.72. The topological polar surface area (TPSA) is 90.0 Å². The average molecular weight is 432 g/mol. The van der Waals surface area contributed by atoms with Gasteiger partial charge in [-0.1, -0.05) is 30.3 Å². The Labute approximate surface area is 176 Å². The first-order valence-electron chi connectivity index (χ1n) is 9.77. The number of sulfonamides is 1. The van der Waals surface area contributed by atoms with Crippen LogP contribution in [0.25, 0.3) is 0 Å². The van der Waals surface area contributed by atoms with Crippen molar-refractivity contribution in [2.75, 3.05) is 26.8 Å². The van der Waals surface area contributed by atoms with E-state index in [1.54, 1.807) is 0 Å². The third kappa shape index (κ3) is 5.25. The molecule has 3 rings (SSSR count). The Balaban J connectivity index is 1.66. The highest BCUT2D eigenvalue weighted by molar-refractivity contribution is 7.89. The molecule has 1 heterocycles. The normalized spacial score (nSPS) is 15.5. The average Bonchev–Trinajstić information content (AvgIpc) is 2.78. The van der Waals surface area contributed by atoms with Crippen LogP contribution in [0.1, 0.15) is 28.8 Å². The molecule has 30 heavy (non-hydrogen) atoms. The lowest BCUT2D eigenvalue weighted by Crippen LogP contribution is -2.38. The highest BCUT2D eigenvalue weighted by Gasteiger charge is 2.30. The van der Waals surface area contributed by atoms with E-state index in [9.17, 15) is 18.0 Å². The fourth-order valence-corrected chi connectivity index (χ4v) is 5.06. The number of ether oxygens (including phenoxy) is 2. The van der Waals surface area contributed by atoms with Gasteiger partial charge in [0.1, 0.15) is 5.75 Å². The summed E-state index contributed by atoms with van der Waals surface area (Å²) in [5, 5.41) is 0. The van der Waals surface area contributed by atoms with Crippen LogP contribution >= 0.6 is 0 Å². The van der Waals surface area contributed by atoms with E-state index in [2.05, 4.69) is 16.9 Å². The van der Waals surface area contributed by atoms with Crippen LogP contribution in [-0.2, 0) is 26.0 Å². The molecule has 0 spiro atoms. The number of aldehydes is 1. The zero-order valence-corrected chi connectivity index (χ0v) is 17.6. The molecule has 0 saturated carbocycles. The summed E-state index contributed by atoms with van der Waals surface area (Å²) < 4.78 is 37.3. The molecular weight excluding hydrogens is 406 g/mol. The van der Waals surface area contributed by atoms with Gasteiger partial charge in [0.2, 0.25) is 10.0 Å². The van der Waals surface area contributed by atoms with Crippen LogP contribution in [-0.4, -0.2) is 51.8 Å². The molecule has 0 bridgehead atoms. The Morgan fingerprint density at radius 2 is 1.83 bits per heavy atom. The Hall–Kier alpha value is -2.71. The second-order valence-corrected chi connectivity index (χ2v) is 9.16. The number of rotatable bonds is 8. The lowest BCUT2D eigenvalue weighted by Gasteiger charge is -2.31. The Kier molecular flexibility index (Phi) is 7.23. The lowest BCUT2D eigenvalue weighted by atomic mass is 9.91. The van der Waals surface area contributed by atoms with E-state index in [4.69, 9.17) is 4.74 Å². The van der Waals surface area contributed by atoms with Crippen LogP contribution in [0.2, 0.25) is 0 Å². The van der Waals surface area contributed by atoms with E-state index in [0.717, 1.165) is 19.3 Å². The predicted molar refractivity (Wildman–Crippen MR) is 111 cm³/mol. The highest BCUT2D eigenvalue weighted by Crippen LogP contribution is 2.28. The molecule has 1 aliphatic rings. The van der Waals surface area contributed by atoms with Gasteiger partial charge in [-0.05, 0) is 48.9 Å². The van der Waals surface area contributed by atoms with Crippen molar-refractivity contribution >= 4 is 22.3 Å². The van der Waals surface area contributed by atoms with Gasteiger partial charge in [-0.25, -0.2) is 13.2 Å². The van der Waals surface area contributed by atoms with Gasteiger partial charge >= 0.3 is 5.97 Å². The number of methoxy groups -OCH3 is 1. The zero-order chi connectivity index (χ0) is 21.6. The number of hydrogen-bond donors (Lipinski definition) is 0. The van der Waals surface area contributed by atoms with Crippen LogP contribution in [0.3, 0.4) is 0 Å². The van der Waals surface area contributed by atoms with Crippen molar-refractivity contribution in [3.05, 3.63) is 59.7 Å². The standard InChI is InChI=1S/C22H25NO6S/c1-28-22(25)16-29-21-8-7-20(14-19(21)15-24)30(26,27)23-11-9-18(10-12-23)13-17-5-3-2-4-6-17/h2-8,14-15,18H,9-13,16H2,1H3. The molecule has 0 aliphatic carbocycles. The van der Waals surface area contributed by atoms with Gasteiger partial charge in [-0.15, -0.1) is 0 Å². The Morgan fingerprint density at radius 3 is 2.47 bits per heavy atom. The van der Waals surface area contributed by atoms with Crippen molar-refractivity contribution in [2.45, 2.75) is 24.2 Å². The molecule has 0 N–H and O–H groups in total. The molecule has 0 atom stereocenters. The summed E-state index contributed by atoms with van der Waals surface area (Å²) in [5.74, 6) is -0.0173. The SMILES string of the molecule is COC(=O)COc1ccc(S(=O)(=O)N2CCC(Cc3ccccc3)CC2)cc1C=O. The number of piperidine rings is 1. The van der Waals surface area contributed by atoms with Crippen LogP contribution in [0.15, 0.2) is 53.4 Å². The fourth-order valence-electron chi connectivity index (χ4n) is 3.56. The Bertz CT molecular complexity index is 982. The van der Waals surface area contributed by atoms with Crippen molar-refractivity contribution in [2.24, 2.45) is 5.92 Å². The molecule has 0 amide bonds. The van der Waals surface area contributed by atoms with E-state index in [0.29, 0.717) is 25.3 Å². The quantitative estimate of drug-likeness (QED) is 0.472. The second kappa shape index (κ2) is 9.86. The van der Waals surface area contributed by atoms with Crippen molar-refractivity contribution in [3.8, 4) is 5.75 Å². The summed E-state index contributed by atoms with van der Waals surface area (Å²) in [5.41, 5.74) is 1.33. The molecule has 8 heteroatoms. The monoisotopic (exact) mass is 431 g/mol. The van der Waals surface area contributed by atoms with Crippen molar-refractivity contribution in [1.29, 1.82) is 0 Å². The molecule has 0 unspecified atom stereocenters. The molecule has 0 aromatic heterocycles. The lowest BCUT2D eigenvalue weighted by molar-refractivity contribution is -0.142. The molecule has 2 aromatic carbocycles. The van der Waals surface area contributed by atoms with Crippen LogP contribution in [0.4, 0.5) is 0 Å². The minimum Gasteiger partial charge on any atom is -0.481 e. The highest BCUT2D eigenvalue weighted by atomic mass is 32.2. The third-order valence-electron chi connectivity index (χ3n) is 5.26. The first-order chi connectivity index (χ1) is 14.4. The zero-order valence-electron chi connectivity index (χ0n) is 16.8. The summed E-state index contributed by atoms with van der Waals surface area (Å²) in [6.45, 7) is 0.520. The molecule has 0 radical (unpaired) electrons. The molecule has 1 fully saturated rings. The summed E-state index contributed by atoms with van der Waals surface area (Å²) in [7, 11) is -2.49. The van der Waals surface area contributed by atoms with E-state index >= 15 is 0 Å². The first kappa shape index (κ1) is 22.0. The maximum atomic E-state index is 13.0. The second-order valence-electron chi connectivity index (χ2n) is 7.22. The summed E-state index contributed by atoms with van der Waals surface area (Å²) >= 11 is 0. The number of carbonyl (C=O) groups excluding carboxylic acids is 2. The molecule has 1 saturated heterocycles.